The number of thiophene rings is 1. The van der Waals surface area contributed by atoms with Gasteiger partial charge in [-0.15, -0.1) is 11.3 Å². The summed E-state index contributed by atoms with van der Waals surface area (Å²) in [5.74, 6) is 0.224. The van der Waals surface area contributed by atoms with Crippen LogP contribution >= 0.6 is 27.3 Å². The van der Waals surface area contributed by atoms with Crippen LogP contribution in [0.3, 0.4) is 0 Å². The van der Waals surface area contributed by atoms with Gasteiger partial charge in [-0.25, -0.2) is 4.79 Å². The molecule has 3 amide bonds. The van der Waals surface area contributed by atoms with Crippen molar-refractivity contribution >= 4 is 39.2 Å². The van der Waals surface area contributed by atoms with Crippen LogP contribution in [0.4, 0.5) is 4.79 Å². The first-order valence-electron chi connectivity index (χ1n) is 7.93. The zero-order valence-electron chi connectivity index (χ0n) is 13.1. The molecule has 1 fully saturated rings. The van der Waals surface area contributed by atoms with E-state index in [1.165, 1.54) is 13.6 Å². The lowest BCUT2D eigenvalue weighted by molar-refractivity contribution is -0.917. The topological polar surface area (TPSA) is 79.9 Å². The number of primary amides is 1. The molecule has 0 spiro atoms. The van der Waals surface area contributed by atoms with E-state index in [1.54, 1.807) is 11.3 Å². The van der Waals surface area contributed by atoms with Crippen LogP contribution < -0.4 is 16.0 Å². The lowest BCUT2D eigenvalue weighted by atomic mass is 10.2. The molecule has 0 atom stereocenters. The number of hydrogen-bond acceptors (Lipinski definition) is 3. The number of halogens is 1. The second-order valence-electron chi connectivity index (χ2n) is 5.76. The number of rotatable bonds is 7. The van der Waals surface area contributed by atoms with Gasteiger partial charge in [0.2, 0.25) is 5.91 Å². The molecule has 6 nitrogen and oxygen atoms in total. The quantitative estimate of drug-likeness (QED) is 0.582. The Morgan fingerprint density at radius 1 is 1.30 bits per heavy atom. The van der Waals surface area contributed by atoms with Gasteiger partial charge in [-0.3, -0.25) is 4.79 Å². The summed E-state index contributed by atoms with van der Waals surface area (Å²) >= 11 is 5.28. The van der Waals surface area contributed by atoms with Crippen LogP contribution in [0.15, 0.2) is 15.9 Å². The molecular weight excluding hydrogens is 380 g/mol. The van der Waals surface area contributed by atoms with Crippen molar-refractivity contribution in [3.05, 3.63) is 20.8 Å². The minimum absolute atomic E-state index is 0.224. The monoisotopic (exact) mass is 403 g/mol. The Balaban J connectivity index is 1.61. The van der Waals surface area contributed by atoms with Gasteiger partial charge in [-0.05, 0) is 40.9 Å². The van der Waals surface area contributed by atoms with E-state index >= 15 is 0 Å². The largest absolute Gasteiger partial charge is 0.352 e. The Bertz CT molecular complexity index is 529. The average Bonchev–Trinajstić information content (AvgIpc) is 2.92. The van der Waals surface area contributed by atoms with E-state index in [0.29, 0.717) is 13.0 Å². The molecule has 1 saturated heterocycles. The molecule has 2 heterocycles. The number of unbranched alkanes of at least 4 members (excludes halogenated alkanes) is 1. The summed E-state index contributed by atoms with van der Waals surface area (Å²) in [7, 11) is 0. The number of carbonyl (C=O) groups excluding carboxylic acids is 2. The number of quaternary nitrogens is 1. The molecule has 0 aromatic carbocycles. The number of nitrogens with one attached hydrogen (secondary N) is 2. The maximum absolute atomic E-state index is 12.2. The highest BCUT2D eigenvalue weighted by Gasteiger charge is 2.23. The number of nitrogens with zero attached hydrogens (tertiary/aromatic N) is 1. The van der Waals surface area contributed by atoms with Crippen LogP contribution in [0.2, 0.25) is 0 Å². The van der Waals surface area contributed by atoms with Gasteiger partial charge in [-0.1, -0.05) is 0 Å². The summed E-state index contributed by atoms with van der Waals surface area (Å²) in [5, 5.41) is 2.54. The van der Waals surface area contributed by atoms with Crippen molar-refractivity contribution in [2.45, 2.75) is 25.8 Å². The van der Waals surface area contributed by atoms with E-state index in [1.807, 2.05) is 4.90 Å². The van der Waals surface area contributed by atoms with Crippen molar-refractivity contribution in [1.29, 1.82) is 0 Å². The summed E-state index contributed by atoms with van der Waals surface area (Å²) in [5.41, 5.74) is 4.99. The van der Waals surface area contributed by atoms with E-state index in [-0.39, 0.29) is 5.91 Å². The van der Waals surface area contributed by atoms with Crippen LogP contribution in [-0.2, 0) is 11.3 Å². The number of urea groups is 1. The predicted octanol–water partition coefficient (Wildman–Crippen LogP) is 0.576. The minimum atomic E-state index is -0.506. The van der Waals surface area contributed by atoms with Crippen molar-refractivity contribution in [2.75, 3.05) is 32.7 Å². The minimum Gasteiger partial charge on any atom is -0.352 e. The van der Waals surface area contributed by atoms with Crippen molar-refractivity contribution in [3.8, 4) is 0 Å². The maximum Gasteiger partial charge on any atom is 0.312 e. The van der Waals surface area contributed by atoms with E-state index in [2.05, 4.69) is 33.4 Å². The molecular formula is C15H24BrN4O2S+. The Kier molecular flexibility index (Phi) is 7.32. The van der Waals surface area contributed by atoms with Gasteiger partial charge in [0.1, 0.15) is 6.54 Å². The van der Waals surface area contributed by atoms with Gasteiger partial charge in [0, 0.05) is 13.0 Å². The first-order chi connectivity index (χ1) is 11.0. The fourth-order valence-electron chi connectivity index (χ4n) is 2.71. The van der Waals surface area contributed by atoms with Gasteiger partial charge < -0.3 is 20.9 Å². The highest BCUT2D eigenvalue weighted by Crippen LogP contribution is 2.21. The third-order valence-corrected chi connectivity index (χ3v) is 5.62. The summed E-state index contributed by atoms with van der Waals surface area (Å²) in [6.07, 6.45) is 2.12. The second kappa shape index (κ2) is 9.24. The molecule has 1 aromatic heterocycles. The van der Waals surface area contributed by atoms with Crippen LogP contribution in [0, 0.1) is 0 Å². The maximum atomic E-state index is 12.2. The predicted molar refractivity (Wildman–Crippen MR) is 94.4 cm³/mol. The van der Waals surface area contributed by atoms with Crippen LogP contribution in [0.1, 0.15) is 24.1 Å². The Morgan fingerprint density at radius 3 is 2.65 bits per heavy atom. The molecule has 0 aliphatic carbocycles. The van der Waals surface area contributed by atoms with Gasteiger partial charge in [-0.2, -0.15) is 0 Å². The zero-order valence-corrected chi connectivity index (χ0v) is 15.5. The van der Waals surface area contributed by atoms with E-state index < -0.39 is 6.03 Å². The third-order valence-electron chi connectivity index (χ3n) is 3.99. The summed E-state index contributed by atoms with van der Waals surface area (Å²) in [4.78, 5) is 27.6. The van der Waals surface area contributed by atoms with Crippen LogP contribution in [0.5, 0.6) is 0 Å². The highest BCUT2D eigenvalue weighted by molar-refractivity contribution is 9.11. The summed E-state index contributed by atoms with van der Waals surface area (Å²) < 4.78 is 1.17. The third kappa shape index (κ3) is 6.48. The van der Waals surface area contributed by atoms with Crippen LogP contribution in [-0.4, -0.2) is 49.6 Å². The molecule has 0 saturated carbocycles. The Labute approximate surface area is 149 Å². The molecule has 23 heavy (non-hydrogen) atoms. The number of amides is 3. The van der Waals surface area contributed by atoms with Crippen molar-refractivity contribution in [2.24, 2.45) is 5.73 Å². The first-order valence-corrected chi connectivity index (χ1v) is 9.54. The first kappa shape index (κ1) is 18.2. The van der Waals surface area contributed by atoms with Gasteiger partial charge >= 0.3 is 6.03 Å². The molecule has 4 N–H and O–H groups in total. The van der Waals surface area contributed by atoms with E-state index in [4.69, 9.17) is 5.73 Å². The van der Waals surface area contributed by atoms with E-state index in [9.17, 15) is 9.59 Å². The fraction of sp³-hybridized carbons (Fsp3) is 0.600. The van der Waals surface area contributed by atoms with Crippen molar-refractivity contribution in [1.82, 2.24) is 10.2 Å². The summed E-state index contributed by atoms with van der Waals surface area (Å²) in [6.45, 7) is 5.25. The number of hydrogen-bond donors (Lipinski definition) is 3. The smallest absolute Gasteiger partial charge is 0.312 e. The molecule has 1 aliphatic rings. The molecule has 8 heteroatoms. The molecule has 0 radical (unpaired) electrons. The second-order valence-corrected chi connectivity index (χ2v) is 8.31. The number of nitrogens with two attached hydrogens (primary N) is 1. The molecule has 128 valence electrons. The lowest BCUT2D eigenvalue weighted by Crippen LogP contribution is -3.13. The van der Waals surface area contributed by atoms with Gasteiger partial charge in [0.15, 0.2) is 0 Å². The van der Waals surface area contributed by atoms with Gasteiger partial charge in [0.25, 0.3) is 0 Å². The van der Waals surface area contributed by atoms with Crippen molar-refractivity contribution < 1.29 is 14.5 Å². The Morgan fingerprint density at radius 2 is 2.04 bits per heavy atom. The summed E-state index contributed by atoms with van der Waals surface area (Å²) in [6, 6.07) is 3.75. The highest BCUT2D eigenvalue weighted by atomic mass is 79.9. The molecule has 1 aromatic rings. The molecule has 1 aliphatic heterocycles. The van der Waals surface area contributed by atoms with Crippen LogP contribution in [0.25, 0.3) is 0 Å². The van der Waals surface area contributed by atoms with Crippen molar-refractivity contribution in [3.63, 3.8) is 0 Å². The number of piperazine rings is 1. The Hall–Kier alpha value is -1.12. The van der Waals surface area contributed by atoms with E-state index in [0.717, 1.165) is 45.6 Å². The normalized spacial score (nSPS) is 15.6. The molecule has 2 rings (SSSR count). The lowest BCUT2D eigenvalue weighted by Gasteiger charge is -2.32. The SMILES string of the molecule is NC(=O)NCCCCC(=O)N1CC[NH+](Cc2ccc(Br)s2)CC1. The standard InChI is InChI=1S/C15H23BrN4O2S/c16-13-5-4-12(23-13)11-19-7-9-20(10-8-19)14(21)3-1-2-6-18-15(17)22/h4-5H,1-3,6-11H2,(H3,17,18,22)/p+1. The number of carbonyl (C=O) groups is 2. The molecule has 0 bridgehead atoms. The van der Waals surface area contributed by atoms with Gasteiger partial charge in [0.05, 0.1) is 34.8 Å². The molecule has 0 unspecified atom stereocenters. The average molecular weight is 404 g/mol. The fourth-order valence-corrected chi connectivity index (χ4v) is 4.27. The zero-order chi connectivity index (χ0) is 16.7.